The molecule has 46 heavy (non-hydrogen) atoms. The van der Waals surface area contributed by atoms with Gasteiger partial charge in [-0.2, -0.15) is 0 Å². The van der Waals surface area contributed by atoms with Gasteiger partial charge in [0.05, 0.1) is 20.1 Å². The predicted molar refractivity (Wildman–Crippen MR) is 189 cm³/mol. The molecule has 5 fully saturated rings. The van der Waals surface area contributed by atoms with Crippen molar-refractivity contribution in [2.24, 2.45) is 56.7 Å². The number of carbonyl (C=O) groups excluding carboxylic acids is 1. The maximum atomic E-state index is 12.1. The summed E-state index contributed by atoms with van der Waals surface area (Å²) in [6.07, 6.45) is 14.8. The molecule has 0 aromatic heterocycles. The van der Waals surface area contributed by atoms with Crippen molar-refractivity contribution in [2.45, 2.75) is 125 Å². The number of likely N-dealkylation sites (N-methyl/N-ethyl adjacent to an activating group) is 1. The van der Waals surface area contributed by atoms with Gasteiger partial charge in [0.15, 0.2) is 0 Å². The average Bonchev–Trinajstić information content (AvgIpc) is 3.36. The van der Waals surface area contributed by atoms with E-state index in [4.69, 9.17) is 4.74 Å². The first-order valence-corrected chi connectivity index (χ1v) is 18.5. The molecule has 0 aromatic carbocycles. The van der Waals surface area contributed by atoms with Crippen LogP contribution in [0.4, 0.5) is 0 Å². The molecule has 1 N–H and O–H groups in total. The van der Waals surface area contributed by atoms with Gasteiger partial charge in [0, 0.05) is 17.8 Å². The largest absolute Gasteiger partial charge is 0.462 e. The van der Waals surface area contributed by atoms with Crippen LogP contribution in [0.25, 0.3) is 0 Å². The van der Waals surface area contributed by atoms with E-state index in [1.165, 1.54) is 37.7 Å². The van der Waals surface area contributed by atoms with E-state index in [9.17, 15) is 9.90 Å². The highest BCUT2D eigenvalue weighted by Gasteiger charge is 2.71. The van der Waals surface area contributed by atoms with Gasteiger partial charge in [-0.3, -0.25) is 4.79 Å². The molecule has 0 saturated heterocycles. The lowest BCUT2D eigenvalue weighted by Crippen LogP contribution is -2.67. The standard InChI is InChI=1S/C42H66NO3/c1-12-26-43(11,27-13-2)28-14-15-35(45)42-23-18-31(29(3)4)37(42)32-16-17-34-39(8)21-20-36(46-30(5)44)38(6,7)33(39)19-22-41(34,10)40(32,9)24-25-42/h12-13,31-37,45H,1-3,16-28H2,4-11H3/q+1/t31-,32+,33-,34+,35+,36-,37+,39-,40+,41+,42+/m0/s1. The Labute approximate surface area is 282 Å². The van der Waals surface area contributed by atoms with Gasteiger partial charge in [-0.05, 0) is 135 Å². The van der Waals surface area contributed by atoms with Crippen molar-refractivity contribution in [3.8, 4) is 11.8 Å². The quantitative estimate of drug-likeness (QED) is 0.126. The summed E-state index contributed by atoms with van der Waals surface area (Å²) >= 11 is 0. The van der Waals surface area contributed by atoms with Crippen molar-refractivity contribution in [3.05, 3.63) is 37.5 Å². The molecule has 4 nitrogen and oxygen atoms in total. The second-order valence-electron chi connectivity index (χ2n) is 18.3. The molecule has 0 heterocycles. The van der Waals surface area contributed by atoms with E-state index in [0.717, 1.165) is 49.7 Å². The molecule has 0 amide bonds. The van der Waals surface area contributed by atoms with Crippen LogP contribution in [-0.2, 0) is 9.53 Å². The monoisotopic (exact) mass is 633 g/mol. The molecule has 0 unspecified atom stereocenters. The Bertz CT molecular complexity index is 1280. The Morgan fingerprint density at radius 1 is 0.913 bits per heavy atom. The first-order chi connectivity index (χ1) is 21.5. The van der Waals surface area contributed by atoms with Crippen LogP contribution in [0.1, 0.15) is 113 Å². The summed E-state index contributed by atoms with van der Waals surface area (Å²) in [4.78, 5) is 12.0. The van der Waals surface area contributed by atoms with Crippen molar-refractivity contribution >= 4 is 5.97 Å². The summed E-state index contributed by atoms with van der Waals surface area (Å²) in [5, 5.41) is 12.1. The van der Waals surface area contributed by atoms with Gasteiger partial charge in [0.2, 0.25) is 0 Å². The molecule has 5 aliphatic rings. The molecule has 0 radical (unpaired) electrons. The van der Waals surface area contributed by atoms with Gasteiger partial charge in [0.1, 0.15) is 18.8 Å². The molecule has 4 heteroatoms. The van der Waals surface area contributed by atoms with Gasteiger partial charge in [-0.15, -0.1) is 0 Å². The van der Waals surface area contributed by atoms with Crippen LogP contribution >= 0.6 is 0 Å². The molecule has 0 spiro atoms. The highest BCUT2D eigenvalue weighted by Crippen LogP contribution is 2.78. The number of esters is 1. The Morgan fingerprint density at radius 3 is 2.20 bits per heavy atom. The van der Waals surface area contributed by atoms with Crippen LogP contribution in [0.3, 0.4) is 0 Å². The Morgan fingerprint density at radius 2 is 1.59 bits per heavy atom. The fourth-order valence-corrected chi connectivity index (χ4v) is 13.4. The number of carbonyl (C=O) groups is 1. The number of hydrogen-bond acceptors (Lipinski definition) is 3. The SMILES string of the molecule is C=CC[N+](C)(CC#C[C@@H](O)[C@]12CC[C@@H](C(=C)C)[C@@H]1[C@H]1CC[C@@H]3[C@@]4(C)CC[C@H](OC(C)=O)C(C)(C)[C@@H]4CC[C@@]3(C)[C@]1(C)CC2)CC=C. The van der Waals surface area contributed by atoms with Crippen LogP contribution in [0.5, 0.6) is 0 Å². The smallest absolute Gasteiger partial charge is 0.302 e. The molecule has 11 atom stereocenters. The molecule has 5 rings (SSSR count). The number of fused-ring (bicyclic) bond motifs is 7. The number of hydrogen-bond donors (Lipinski definition) is 1. The zero-order valence-electron chi connectivity index (χ0n) is 30.7. The van der Waals surface area contributed by atoms with Crippen LogP contribution in [0, 0.1) is 68.5 Å². The van der Waals surface area contributed by atoms with Crippen molar-refractivity contribution in [1.82, 2.24) is 0 Å². The zero-order valence-corrected chi connectivity index (χ0v) is 30.7. The summed E-state index contributed by atoms with van der Waals surface area (Å²) < 4.78 is 6.71. The van der Waals surface area contributed by atoms with Crippen LogP contribution in [0.2, 0.25) is 0 Å². The lowest BCUT2D eigenvalue weighted by Gasteiger charge is -2.73. The second-order valence-corrected chi connectivity index (χ2v) is 18.3. The van der Waals surface area contributed by atoms with E-state index in [1.54, 1.807) is 6.92 Å². The minimum atomic E-state index is -0.608. The zero-order chi connectivity index (χ0) is 33.9. The van der Waals surface area contributed by atoms with Crippen molar-refractivity contribution in [3.63, 3.8) is 0 Å². The summed E-state index contributed by atoms with van der Waals surface area (Å²) in [6.45, 7) is 31.3. The molecule has 5 aliphatic carbocycles. The number of rotatable bonds is 8. The van der Waals surface area contributed by atoms with Crippen molar-refractivity contribution in [1.29, 1.82) is 0 Å². The lowest BCUT2D eigenvalue weighted by atomic mass is 9.32. The first kappa shape index (κ1) is 35.5. The highest BCUT2D eigenvalue weighted by atomic mass is 16.5. The molecular formula is C42H66NO3+. The first-order valence-electron chi connectivity index (χ1n) is 18.5. The normalized spacial score (nSPS) is 43.3. The molecular weight excluding hydrogens is 566 g/mol. The maximum Gasteiger partial charge on any atom is 0.302 e. The van der Waals surface area contributed by atoms with E-state index < -0.39 is 6.10 Å². The molecule has 5 saturated carbocycles. The summed E-state index contributed by atoms with van der Waals surface area (Å²) in [5.41, 5.74) is 1.81. The van der Waals surface area contributed by atoms with Crippen molar-refractivity contribution in [2.75, 3.05) is 26.7 Å². The number of ether oxygens (including phenoxy) is 1. The topological polar surface area (TPSA) is 46.5 Å². The second kappa shape index (κ2) is 12.2. The van der Waals surface area contributed by atoms with Crippen LogP contribution in [0.15, 0.2) is 37.5 Å². The number of aliphatic hydroxyl groups is 1. The third-order valence-corrected chi connectivity index (χ3v) is 15.8. The summed E-state index contributed by atoms with van der Waals surface area (Å²) in [6, 6.07) is 0. The lowest BCUT2D eigenvalue weighted by molar-refractivity contribution is -0.891. The van der Waals surface area contributed by atoms with Crippen LogP contribution < -0.4 is 0 Å². The molecule has 0 aromatic rings. The third-order valence-electron chi connectivity index (χ3n) is 15.8. The van der Waals surface area contributed by atoms with Crippen LogP contribution in [-0.4, -0.2) is 54.4 Å². The van der Waals surface area contributed by atoms with Gasteiger partial charge >= 0.3 is 5.97 Å². The minimum absolute atomic E-state index is 0.0114. The van der Waals surface area contributed by atoms with E-state index in [1.807, 2.05) is 12.2 Å². The molecule has 256 valence electrons. The van der Waals surface area contributed by atoms with Crippen molar-refractivity contribution < 1.29 is 19.1 Å². The van der Waals surface area contributed by atoms with Gasteiger partial charge in [-0.1, -0.05) is 65.8 Å². The van der Waals surface area contributed by atoms with E-state index in [0.29, 0.717) is 36.1 Å². The number of quaternary nitrogens is 1. The molecule has 0 bridgehead atoms. The van der Waals surface area contributed by atoms with Gasteiger partial charge in [0.25, 0.3) is 0 Å². The summed E-state index contributed by atoms with van der Waals surface area (Å²) in [5.74, 6) is 9.42. The van der Waals surface area contributed by atoms with E-state index >= 15 is 0 Å². The Kier molecular flexibility index (Phi) is 9.45. The Hall–Kier alpha value is -1.83. The fraction of sp³-hybridized carbons (Fsp3) is 0.786. The highest BCUT2D eigenvalue weighted by molar-refractivity contribution is 5.66. The Balaban J connectivity index is 1.46. The summed E-state index contributed by atoms with van der Waals surface area (Å²) in [7, 11) is 2.20. The number of nitrogens with zero attached hydrogens (tertiary/aromatic N) is 1. The predicted octanol–water partition coefficient (Wildman–Crippen LogP) is 8.76. The third kappa shape index (κ3) is 5.30. The molecule has 0 aliphatic heterocycles. The van der Waals surface area contributed by atoms with Gasteiger partial charge in [-0.25, -0.2) is 0 Å². The van der Waals surface area contributed by atoms with E-state index in [2.05, 4.69) is 80.2 Å². The number of aliphatic hydroxyl groups excluding tert-OH is 1. The average molecular weight is 633 g/mol. The maximum absolute atomic E-state index is 12.1. The van der Waals surface area contributed by atoms with Gasteiger partial charge < -0.3 is 14.3 Å². The fourth-order valence-electron chi connectivity index (χ4n) is 13.4. The van der Waals surface area contributed by atoms with E-state index in [-0.39, 0.29) is 39.1 Å². The minimum Gasteiger partial charge on any atom is -0.462 e. The number of allylic oxidation sites excluding steroid dienone is 1.